The number of carbonyl (C=O) groups excluding carboxylic acids is 4. The molecular weight excluding hydrogens is 689 g/mol. The number of benzene rings is 5. The first-order chi connectivity index (χ1) is 24.7. The van der Waals surface area contributed by atoms with Gasteiger partial charge in [-0.3, -0.25) is 19.2 Å². The van der Waals surface area contributed by atoms with Gasteiger partial charge in [0.15, 0.2) is 0 Å². The zero-order chi connectivity index (χ0) is 35.7. The third-order valence-corrected chi connectivity index (χ3v) is 9.16. The summed E-state index contributed by atoms with van der Waals surface area (Å²) in [5.41, 5.74) is 1.73. The Morgan fingerprint density at radius 3 is 2.12 bits per heavy atom. The van der Waals surface area contributed by atoms with Crippen LogP contribution in [-0.4, -0.2) is 29.5 Å². The van der Waals surface area contributed by atoms with Gasteiger partial charge in [-0.25, -0.2) is 4.39 Å². The van der Waals surface area contributed by atoms with Gasteiger partial charge in [0.05, 0.1) is 17.1 Å². The number of hydrazone groups is 1. The minimum Gasteiger partial charge on any atom is -0.321 e. The second-order valence-corrected chi connectivity index (χ2v) is 12.7. The van der Waals surface area contributed by atoms with Crippen molar-refractivity contribution in [1.82, 2.24) is 10.6 Å². The highest BCUT2D eigenvalue weighted by molar-refractivity contribution is 8.00. The van der Waals surface area contributed by atoms with Crippen molar-refractivity contribution in [3.63, 3.8) is 0 Å². The molecule has 0 radical (unpaired) electrons. The van der Waals surface area contributed by atoms with Crippen molar-refractivity contribution in [3.8, 4) is 0 Å². The molecule has 51 heavy (non-hydrogen) atoms. The van der Waals surface area contributed by atoms with Crippen LogP contribution in [0.5, 0.6) is 0 Å². The van der Waals surface area contributed by atoms with E-state index in [0.29, 0.717) is 21.8 Å². The molecule has 1 atom stereocenters. The van der Waals surface area contributed by atoms with Crippen molar-refractivity contribution in [1.29, 1.82) is 0 Å². The lowest BCUT2D eigenvalue weighted by molar-refractivity contribution is -0.119. The molecule has 0 bridgehead atoms. The zero-order valence-corrected chi connectivity index (χ0v) is 28.3. The Morgan fingerprint density at radius 1 is 0.804 bits per heavy atom. The summed E-state index contributed by atoms with van der Waals surface area (Å²) in [6, 6.07) is 37.3. The molecule has 1 heterocycles. The molecule has 4 amide bonds. The number of anilines is 2. The summed E-state index contributed by atoms with van der Waals surface area (Å²) < 4.78 is 14.7. The first kappa shape index (κ1) is 34.8. The highest BCUT2D eigenvalue weighted by Crippen LogP contribution is 2.36. The van der Waals surface area contributed by atoms with Crippen molar-refractivity contribution < 1.29 is 23.6 Å². The van der Waals surface area contributed by atoms with E-state index in [-0.39, 0.29) is 40.4 Å². The van der Waals surface area contributed by atoms with E-state index in [9.17, 15) is 23.6 Å². The summed E-state index contributed by atoms with van der Waals surface area (Å²) in [5, 5.41) is 13.1. The molecule has 1 aliphatic rings. The fourth-order valence-corrected chi connectivity index (χ4v) is 6.31. The fraction of sp³-hybridized carbons (Fsp3) is 0.0513. The van der Waals surface area contributed by atoms with Crippen molar-refractivity contribution in [3.05, 3.63) is 167 Å². The monoisotopic (exact) mass is 717 g/mol. The summed E-state index contributed by atoms with van der Waals surface area (Å²) >= 11 is 7.49. The standard InChI is InChI=1S/C39H29ClFN5O4S/c40-31-17-10-18-32(41)30(31)23-33(43-37(48)26-13-6-2-7-14-26)38(49)42-27-19-21-29(22-20-27)51-36(25-11-4-1-5-12-25)39(50)44-34-24-35(47)46(45-34)28-15-8-3-9-16-28/h1-23,36H,24H2,(H,42,49)(H,43,48)(H,44,45,50)/b33-23-. The van der Waals surface area contributed by atoms with Crippen LogP contribution in [0.4, 0.5) is 15.8 Å². The minimum atomic E-state index is -0.711. The van der Waals surface area contributed by atoms with Crippen molar-refractivity contribution >= 4 is 70.3 Å². The van der Waals surface area contributed by atoms with Gasteiger partial charge in [-0.2, -0.15) is 10.1 Å². The Morgan fingerprint density at radius 2 is 1.45 bits per heavy atom. The van der Waals surface area contributed by atoms with Crippen LogP contribution in [0, 0.1) is 5.82 Å². The molecule has 5 aromatic rings. The minimum absolute atomic E-state index is 0.0490. The van der Waals surface area contributed by atoms with Crippen LogP contribution in [0.1, 0.15) is 33.2 Å². The largest absolute Gasteiger partial charge is 0.321 e. The Balaban J connectivity index is 1.18. The molecule has 254 valence electrons. The topological polar surface area (TPSA) is 120 Å². The van der Waals surface area contributed by atoms with Gasteiger partial charge in [-0.05, 0) is 72.3 Å². The Hall–Kier alpha value is -6.04. The van der Waals surface area contributed by atoms with E-state index >= 15 is 0 Å². The molecule has 9 nitrogen and oxygen atoms in total. The number of rotatable bonds is 10. The number of thioether (sulfide) groups is 1. The lowest BCUT2D eigenvalue weighted by Gasteiger charge is -2.17. The summed E-state index contributed by atoms with van der Waals surface area (Å²) in [6.45, 7) is 0. The summed E-state index contributed by atoms with van der Waals surface area (Å²) in [5.74, 6) is -2.32. The van der Waals surface area contributed by atoms with E-state index in [1.807, 2.05) is 36.4 Å². The number of amidine groups is 1. The smallest absolute Gasteiger partial charge is 0.272 e. The predicted molar refractivity (Wildman–Crippen MR) is 198 cm³/mol. The van der Waals surface area contributed by atoms with E-state index in [4.69, 9.17) is 11.6 Å². The fourth-order valence-electron chi connectivity index (χ4n) is 5.07. The Bertz CT molecular complexity index is 2110. The summed E-state index contributed by atoms with van der Waals surface area (Å²) in [4.78, 5) is 53.5. The summed E-state index contributed by atoms with van der Waals surface area (Å²) in [6.07, 6.45) is 1.13. The van der Waals surface area contributed by atoms with Gasteiger partial charge in [0.25, 0.3) is 17.7 Å². The number of amides is 4. The lowest BCUT2D eigenvalue weighted by atomic mass is 10.1. The number of para-hydroxylation sites is 1. The van der Waals surface area contributed by atoms with Crippen molar-refractivity contribution in [2.45, 2.75) is 16.6 Å². The van der Waals surface area contributed by atoms with Gasteiger partial charge in [0.2, 0.25) is 5.91 Å². The number of hydrogen-bond donors (Lipinski definition) is 3. The molecule has 0 fully saturated rings. The molecule has 6 rings (SSSR count). The highest BCUT2D eigenvalue weighted by atomic mass is 35.5. The highest BCUT2D eigenvalue weighted by Gasteiger charge is 2.29. The molecule has 0 saturated heterocycles. The van der Waals surface area contributed by atoms with E-state index in [1.54, 1.807) is 78.9 Å². The number of hydrogen-bond acceptors (Lipinski definition) is 6. The number of nitrogens with one attached hydrogen (secondary N) is 3. The van der Waals surface area contributed by atoms with Gasteiger partial charge in [-0.15, -0.1) is 11.8 Å². The SMILES string of the molecule is O=C(Nc1ccc(SC(C(=O)NC2=NN(c3ccccc3)C(=O)C2)c2ccccc2)cc1)/C(=C/c1c(F)cccc1Cl)NC(=O)c1ccccc1. The lowest BCUT2D eigenvalue weighted by Crippen LogP contribution is -2.33. The van der Waals surface area contributed by atoms with Crippen LogP contribution in [0.15, 0.2) is 149 Å². The Labute approximate surface area is 302 Å². The normalized spacial score (nSPS) is 13.3. The van der Waals surface area contributed by atoms with E-state index in [2.05, 4.69) is 21.1 Å². The maximum absolute atomic E-state index is 14.7. The molecule has 12 heteroatoms. The molecule has 0 spiro atoms. The molecule has 0 aromatic heterocycles. The number of halogens is 2. The maximum Gasteiger partial charge on any atom is 0.272 e. The molecule has 0 aliphatic carbocycles. The van der Waals surface area contributed by atoms with Crippen molar-refractivity contribution in [2.24, 2.45) is 5.10 Å². The first-order valence-corrected chi connectivity index (χ1v) is 16.9. The van der Waals surface area contributed by atoms with E-state index in [0.717, 1.165) is 5.56 Å². The molecule has 5 aromatic carbocycles. The van der Waals surface area contributed by atoms with Gasteiger partial charge in [-0.1, -0.05) is 84.4 Å². The molecule has 1 aliphatic heterocycles. The maximum atomic E-state index is 14.7. The Kier molecular flexibility index (Phi) is 11.0. The first-order valence-electron chi connectivity index (χ1n) is 15.7. The summed E-state index contributed by atoms with van der Waals surface area (Å²) in [7, 11) is 0. The van der Waals surface area contributed by atoms with E-state index < -0.39 is 22.9 Å². The van der Waals surface area contributed by atoms with Crippen LogP contribution in [0.2, 0.25) is 5.02 Å². The van der Waals surface area contributed by atoms with Gasteiger partial charge >= 0.3 is 0 Å². The molecular formula is C39H29ClFN5O4S. The third-order valence-electron chi connectivity index (χ3n) is 7.57. The average molecular weight is 718 g/mol. The van der Waals surface area contributed by atoms with Crippen LogP contribution < -0.4 is 21.0 Å². The van der Waals surface area contributed by atoms with Crippen LogP contribution in [-0.2, 0) is 14.4 Å². The molecule has 1 unspecified atom stereocenters. The van der Waals surface area contributed by atoms with E-state index in [1.165, 1.54) is 41.0 Å². The number of carbonyl (C=O) groups is 4. The second kappa shape index (κ2) is 16.1. The van der Waals surface area contributed by atoms with Crippen molar-refractivity contribution in [2.75, 3.05) is 10.3 Å². The van der Waals surface area contributed by atoms with Gasteiger partial charge < -0.3 is 16.0 Å². The van der Waals surface area contributed by atoms with Crippen LogP contribution in [0.3, 0.4) is 0 Å². The zero-order valence-electron chi connectivity index (χ0n) is 26.8. The predicted octanol–water partition coefficient (Wildman–Crippen LogP) is 7.59. The molecule has 0 saturated carbocycles. The van der Waals surface area contributed by atoms with Crippen LogP contribution in [0.25, 0.3) is 6.08 Å². The van der Waals surface area contributed by atoms with Crippen LogP contribution >= 0.6 is 23.4 Å². The number of nitrogens with zero attached hydrogens (tertiary/aromatic N) is 2. The van der Waals surface area contributed by atoms with Gasteiger partial charge in [0.1, 0.15) is 22.6 Å². The van der Waals surface area contributed by atoms with Gasteiger partial charge in [0, 0.05) is 21.7 Å². The average Bonchev–Trinajstić information content (AvgIpc) is 3.52. The molecule has 3 N–H and O–H groups in total. The third kappa shape index (κ3) is 8.77. The second-order valence-electron chi connectivity index (χ2n) is 11.2. The quantitative estimate of drug-likeness (QED) is 0.102.